The van der Waals surface area contributed by atoms with Gasteiger partial charge in [0.05, 0.1) is 20.3 Å². The van der Waals surface area contributed by atoms with Gasteiger partial charge < -0.3 is 4.42 Å². The number of carbonyl (C=O) groups excluding carboxylic acids is 2. The van der Waals surface area contributed by atoms with E-state index in [0.29, 0.717) is 17.0 Å². The fourth-order valence-corrected chi connectivity index (χ4v) is 5.42. The molecule has 5 rings (SSSR count). The minimum atomic E-state index is -0.313. The maximum atomic E-state index is 12.7. The van der Waals surface area contributed by atoms with Crippen LogP contribution >= 0.6 is 34.5 Å². The number of Topliss-reactive ketones (excluding diaryl/α,β-unsaturated/α-hetero) is 2. The zero-order valence-corrected chi connectivity index (χ0v) is 17.2. The van der Waals surface area contributed by atoms with Crippen molar-refractivity contribution in [3.63, 3.8) is 0 Å². The van der Waals surface area contributed by atoms with E-state index in [0.717, 1.165) is 20.9 Å². The van der Waals surface area contributed by atoms with Crippen molar-refractivity contribution >= 4 is 62.5 Å². The number of hydrogen-bond acceptors (Lipinski definition) is 4. The molecule has 1 aromatic carbocycles. The van der Waals surface area contributed by atoms with Gasteiger partial charge in [0.25, 0.3) is 0 Å². The smallest absolute Gasteiger partial charge is 0.197 e. The first-order valence-electron chi connectivity index (χ1n) is 9.34. The van der Waals surface area contributed by atoms with E-state index >= 15 is 0 Å². The molecule has 28 heavy (non-hydrogen) atoms. The maximum Gasteiger partial charge on any atom is 0.197 e. The van der Waals surface area contributed by atoms with E-state index in [-0.39, 0.29) is 27.2 Å². The molecule has 2 aliphatic carbocycles. The third kappa shape index (κ3) is 2.95. The van der Waals surface area contributed by atoms with Gasteiger partial charge in [0.2, 0.25) is 0 Å². The Morgan fingerprint density at radius 2 is 1.57 bits per heavy atom. The second-order valence-corrected chi connectivity index (χ2v) is 9.32. The van der Waals surface area contributed by atoms with Crippen LogP contribution < -0.4 is 0 Å². The molecule has 0 aliphatic heterocycles. The van der Waals surface area contributed by atoms with Crippen LogP contribution in [0.2, 0.25) is 10.0 Å². The normalized spacial score (nSPS) is 17.6. The molecule has 2 aliphatic rings. The predicted molar refractivity (Wildman–Crippen MR) is 113 cm³/mol. The summed E-state index contributed by atoms with van der Waals surface area (Å²) in [6, 6.07) is 6.96. The van der Waals surface area contributed by atoms with E-state index in [4.69, 9.17) is 27.6 Å². The molecule has 0 amide bonds. The average molecular weight is 431 g/mol. The van der Waals surface area contributed by atoms with Gasteiger partial charge in [-0.3, -0.25) is 9.59 Å². The zero-order valence-electron chi connectivity index (χ0n) is 14.9. The Kier molecular flexibility index (Phi) is 4.46. The first-order chi connectivity index (χ1) is 13.5. The van der Waals surface area contributed by atoms with Gasteiger partial charge in [0, 0.05) is 21.9 Å². The quantitative estimate of drug-likeness (QED) is 0.316. The van der Waals surface area contributed by atoms with Gasteiger partial charge in [-0.15, -0.1) is 11.3 Å². The topological polar surface area (TPSA) is 47.3 Å². The number of halogens is 2. The fourth-order valence-electron chi connectivity index (χ4n) is 4.12. The van der Waals surface area contributed by atoms with Crippen LogP contribution in [0, 0.1) is 0 Å². The van der Waals surface area contributed by atoms with Crippen molar-refractivity contribution in [1.29, 1.82) is 0 Å². The molecule has 1 saturated carbocycles. The van der Waals surface area contributed by atoms with Crippen LogP contribution in [0.3, 0.4) is 0 Å². The average Bonchev–Trinajstić information content (AvgIpc) is 3.31. The molecule has 6 heteroatoms. The Hall–Kier alpha value is -1.88. The van der Waals surface area contributed by atoms with Crippen molar-refractivity contribution < 1.29 is 14.0 Å². The van der Waals surface area contributed by atoms with Gasteiger partial charge in [-0.1, -0.05) is 42.5 Å². The van der Waals surface area contributed by atoms with Gasteiger partial charge in [-0.2, -0.15) is 0 Å². The summed E-state index contributed by atoms with van der Waals surface area (Å²) in [6.07, 6.45) is 7.84. The molecule has 2 aromatic heterocycles. The summed E-state index contributed by atoms with van der Waals surface area (Å²) in [5, 5.41) is 0.540. The Morgan fingerprint density at radius 3 is 2.18 bits per heavy atom. The monoisotopic (exact) mass is 430 g/mol. The lowest BCUT2D eigenvalue weighted by molar-refractivity contribution is 0.0990. The van der Waals surface area contributed by atoms with E-state index in [2.05, 4.69) is 6.07 Å². The molecule has 3 nitrogen and oxygen atoms in total. The van der Waals surface area contributed by atoms with Crippen molar-refractivity contribution in [3.8, 4) is 0 Å². The summed E-state index contributed by atoms with van der Waals surface area (Å²) in [5.41, 5.74) is 1.58. The summed E-state index contributed by atoms with van der Waals surface area (Å²) in [6.45, 7) is 0. The van der Waals surface area contributed by atoms with E-state index in [1.807, 2.05) is 6.07 Å². The lowest BCUT2D eigenvalue weighted by atomic mass is 9.88. The van der Waals surface area contributed by atoms with Crippen LogP contribution in [0.4, 0.5) is 0 Å². The summed E-state index contributed by atoms with van der Waals surface area (Å²) >= 11 is 13.5. The minimum Gasteiger partial charge on any atom is -0.460 e. The first-order valence-corrected chi connectivity index (χ1v) is 10.9. The fraction of sp³-hybridized carbons (Fsp3) is 0.273. The number of carbonyl (C=O) groups is 2. The number of ketones is 2. The highest BCUT2D eigenvalue weighted by Gasteiger charge is 2.34. The molecule has 0 bridgehead atoms. The number of allylic oxidation sites excluding steroid dienone is 1. The summed E-state index contributed by atoms with van der Waals surface area (Å²) in [4.78, 5) is 26.2. The molecule has 1 fully saturated rings. The SMILES string of the molecule is O=C1C(=Cc2cc3oc(C4CCCCC4)cc3s2)C(=O)c2cc(Cl)c(Cl)cc21. The molecule has 0 N–H and O–H groups in total. The summed E-state index contributed by atoms with van der Waals surface area (Å²) < 4.78 is 7.13. The molecule has 0 radical (unpaired) electrons. The van der Waals surface area contributed by atoms with E-state index in [1.165, 1.54) is 55.6 Å². The van der Waals surface area contributed by atoms with Crippen molar-refractivity contribution in [1.82, 2.24) is 0 Å². The number of fused-ring (bicyclic) bond motifs is 2. The van der Waals surface area contributed by atoms with E-state index in [1.54, 1.807) is 6.08 Å². The Morgan fingerprint density at radius 1 is 0.929 bits per heavy atom. The van der Waals surface area contributed by atoms with Crippen LogP contribution in [0.25, 0.3) is 16.4 Å². The molecular formula is C22H16Cl2O3S. The third-order valence-corrected chi connectivity index (χ3v) is 7.31. The Balaban J connectivity index is 1.47. The maximum absolute atomic E-state index is 12.7. The summed E-state index contributed by atoms with van der Waals surface area (Å²) in [5.74, 6) is 0.944. The molecule has 0 atom stereocenters. The van der Waals surface area contributed by atoms with Gasteiger partial charge in [0.15, 0.2) is 11.6 Å². The number of benzene rings is 1. The molecule has 2 heterocycles. The molecule has 0 saturated heterocycles. The lowest BCUT2D eigenvalue weighted by Gasteiger charge is -2.18. The van der Waals surface area contributed by atoms with Crippen LogP contribution in [0.15, 0.2) is 34.3 Å². The minimum absolute atomic E-state index is 0.143. The van der Waals surface area contributed by atoms with Gasteiger partial charge in [-0.25, -0.2) is 0 Å². The van der Waals surface area contributed by atoms with Crippen molar-refractivity contribution in [2.75, 3.05) is 0 Å². The number of thiophene rings is 1. The van der Waals surface area contributed by atoms with Crippen molar-refractivity contribution in [2.45, 2.75) is 38.0 Å². The van der Waals surface area contributed by atoms with E-state index < -0.39 is 0 Å². The van der Waals surface area contributed by atoms with Crippen LogP contribution in [0.5, 0.6) is 0 Å². The summed E-state index contributed by atoms with van der Waals surface area (Å²) in [7, 11) is 0. The second kappa shape index (κ2) is 6.87. The first kappa shape index (κ1) is 18.2. The predicted octanol–water partition coefficient (Wildman–Crippen LogP) is 7.31. The number of furan rings is 1. The molecule has 0 spiro atoms. The van der Waals surface area contributed by atoms with Crippen molar-refractivity contribution in [2.24, 2.45) is 0 Å². The largest absolute Gasteiger partial charge is 0.460 e. The number of hydrogen-bond donors (Lipinski definition) is 0. The lowest BCUT2D eigenvalue weighted by Crippen LogP contribution is -2.02. The second-order valence-electron chi connectivity index (χ2n) is 7.39. The highest BCUT2D eigenvalue weighted by molar-refractivity contribution is 7.19. The van der Waals surface area contributed by atoms with Crippen LogP contribution in [0.1, 0.15) is 69.4 Å². The molecule has 0 unspecified atom stereocenters. The van der Waals surface area contributed by atoms with Crippen molar-refractivity contribution in [3.05, 3.63) is 61.6 Å². The standard InChI is InChI=1S/C22H16Cl2O3S/c23-16-8-13-14(9-17(16)24)22(26)15(21(13)25)6-12-7-19-20(28-12)10-18(27-19)11-4-2-1-3-5-11/h6-11H,1-5H2. The van der Waals surface area contributed by atoms with Gasteiger partial charge >= 0.3 is 0 Å². The highest BCUT2D eigenvalue weighted by Crippen LogP contribution is 2.39. The van der Waals surface area contributed by atoms with Gasteiger partial charge in [0.1, 0.15) is 11.3 Å². The number of rotatable bonds is 2. The zero-order chi connectivity index (χ0) is 19.4. The molecule has 142 valence electrons. The van der Waals surface area contributed by atoms with E-state index in [9.17, 15) is 9.59 Å². The highest BCUT2D eigenvalue weighted by atomic mass is 35.5. The van der Waals surface area contributed by atoms with Crippen LogP contribution in [-0.2, 0) is 0 Å². The van der Waals surface area contributed by atoms with Crippen LogP contribution in [-0.4, -0.2) is 11.6 Å². The Labute approximate surface area is 175 Å². The van der Waals surface area contributed by atoms with Gasteiger partial charge in [-0.05, 0) is 43.2 Å². The third-order valence-electron chi connectivity index (χ3n) is 5.58. The molecule has 3 aromatic rings. The Bertz CT molecular complexity index is 1090. The molecular weight excluding hydrogens is 415 g/mol.